The summed E-state index contributed by atoms with van der Waals surface area (Å²) in [6.07, 6.45) is 2.00. The predicted octanol–water partition coefficient (Wildman–Crippen LogP) is 0.174. The second kappa shape index (κ2) is 6.41. The molecule has 0 bridgehead atoms. The van der Waals surface area contributed by atoms with E-state index in [9.17, 15) is 9.59 Å². The monoisotopic (exact) mass is 323 g/mol. The standard InChI is InChI=1S/C13H17N5O3S/c1-9(10-4-2-6-21-10)14-11(19)8-17-13(20)18(16-15-17)12-5-3-7-22-12/h3,5,7,9-10H,2,4,6,8H2,1H3,(H,14,19)/t9-,10-/m0/s1. The lowest BCUT2D eigenvalue weighted by atomic mass is 10.1. The highest BCUT2D eigenvalue weighted by molar-refractivity contribution is 7.12. The zero-order chi connectivity index (χ0) is 15.5. The van der Waals surface area contributed by atoms with Crippen LogP contribution in [0.2, 0.25) is 0 Å². The van der Waals surface area contributed by atoms with Gasteiger partial charge in [0.25, 0.3) is 0 Å². The Labute approximate surface area is 130 Å². The Balaban J connectivity index is 1.63. The zero-order valence-electron chi connectivity index (χ0n) is 12.1. The van der Waals surface area contributed by atoms with Gasteiger partial charge in [-0.05, 0) is 47.7 Å². The molecule has 1 N–H and O–H groups in total. The molecule has 0 unspecified atom stereocenters. The number of ether oxygens (including phenoxy) is 1. The minimum Gasteiger partial charge on any atom is -0.376 e. The van der Waals surface area contributed by atoms with Crippen LogP contribution in [-0.4, -0.2) is 44.5 Å². The summed E-state index contributed by atoms with van der Waals surface area (Å²) in [6.45, 7) is 2.49. The van der Waals surface area contributed by atoms with Gasteiger partial charge in [-0.3, -0.25) is 4.79 Å². The number of hydrogen-bond acceptors (Lipinski definition) is 6. The molecule has 2 aromatic rings. The van der Waals surface area contributed by atoms with Crippen molar-refractivity contribution in [3.05, 3.63) is 28.0 Å². The van der Waals surface area contributed by atoms with Crippen LogP contribution in [0.4, 0.5) is 0 Å². The van der Waals surface area contributed by atoms with Crippen molar-refractivity contribution in [1.82, 2.24) is 25.1 Å². The maximum absolute atomic E-state index is 12.1. The summed E-state index contributed by atoms with van der Waals surface area (Å²) < 4.78 is 7.76. The third-order valence-corrected chi connectivity index (χ3v) is 4.40. The molecule has 3 rings (SSSR count). The van der Waals surface area contributed by atoms with Gasteiger partial charge in [0.05, 0.1) is 12.1 Å². The molecule has 1 saturated heterocycles. The highest BCUT2D eigenvalue weighted by atomic mass is 32.1. The lowest BCUT2D eigenvalue weighted by molar-refractivity contribution is -0.123. The number of nitrogens with zero attached hydrogens (tertiary/aromatic N) is 4. The van der Waals surface area contributed by atoms with Gasteiger partial charge in [0, 0.05) is 6.61 Å². The van der Waals surface area contributed by atoms with Crippen LogP contribution in [0.1, 0.15) is 19.8 Å². The Morgan fingerprint density at radius 1 is 1.59 bits per heavy atom. The van der Waals surface area contributed by atoms with Crippen molar-refractivity contribution in [2.75, 3.05) is 6.61 Å². The van der Waals surface area contributed by atoms with Crippen LogP contribution in [0.15, 0.2) is 22.3 Å². The summed E-state index contributed by atoms with van der Waals surface area (Å²) >= 11 is 1.38. The van der Waals surface area contributed by atoms with Gasteiger partial charge >= 0.3 is 5.69 Å². The SMILES string of the molecule is C[C@H](NC(=O)Cn1nnn(-c2cccs2)c1=O)[C@@H]1CCCO1. The summed E-state index contributed by atoms with van der Waals surface area (Å²) in [5.74, 6) is -0.275. The minimum absolute atomic E-state index is 0.0440. The van der Waals surface area contributed by atoms with Crippen LogP contribution >= 0.6 is 11.3 Å². The van der Waals surface area contributed by atoms with Crippen molar-refractivity contribution in [2.24, 2.45) is 0 Å². The molecule has 118 valence electrons. The first kappa shape index (κ1) is 14.9. The molecule has 8 nitrogen and oxygen atoms in total. The fourth-order valence-corrected chi connectivity index (χ4v) is 3.10. The summed E-state index contributed by atoms with van der Waals surface area (Å²) in [5.41, 5.74) is -0.428. The van der Waals surface area contributed by atoms with Gasteiger partial charge in [-0.1, -0.05) is 0 Å². The molecule has 22 heavy (non-hydrogen) atoms. The van der Waals surface area contributed by atoms with E-state index in [4.69, 9.17) is 4.74 Å². The third-order valence-electron chi connectivity index (χ3n) is 3.56. The second-order valence-corrected chi connectivity index (χ2v) is 6.12. The van der Waals surface area contributed by atoms with E-state index < -0.39 is 5.69 Å². The molecule has 0 saturated carbocycles. The summed E-state index contributed by atoms with van der Waals surface area (Å²) in [7, 11) is 0. The van der Waals surface area contributed by atoms with E-state index in [1.807, 2.05) is 18.4 Å². The fourth-order valence-electron chi connectivity index (χ4n) is 2.43. The number of carbonyl (C=O) groups is 1. The normalized spacial score (nSPS) is 19.2. The first-order valence-corrected chi connectivity index (χ1v) is 8.01. The number of nitrogens with one attached hydrogen (secondary N) is 1. The topological polar surface area (TPSA) is 91.0 Å². The lowest BCUT2D eigenvalue weighted by Crippen LogP contribution is -2.43. The number of rotatable bonds is 5. The van der Waals surface area contributed by atoms with Crippen LogP contribution < -0.4 is 11.0 Å². The van der Waals surface area contributed by atoms with Gasteiger partial charge in [0.1, 0.15) is 11.5 Å². The Bertz CT molecular complexity index is 687. The van der Waals surface area contributed by atoms with E-state index in [1.165, 1.54) is 16.0 Å². The summed E-state index contributed by atoms with van der Waals surface area (Å²) in [5, 5.41) is 12.9. The Hall–Kier alpha value is -2.00. The van der Waals surface area contributed by atoms with Gasteiger partial charge in [0.2, 0.25) is 5.91 Å². The minimum atomic E-state index is -0.428. The molecule has 1 aliphatic heterocycles. The lowest BCUT2D eigenvalue weighted by Gasteiger charge is -2.19. The van der Waals surface area contributed by atoms with Crippen molar-refractivity contribution in [3.8, 4) is 5.00 Å². The van der Waals surface area contributed by atoms with Crippen molar-refractivity contribution in [3.63, 3.8) is 0 Å². The van der Waals surface area contributed by atoms with Crippen molar-refractivity contribution < 1.29 is 9.53 Å². The summed E-state index contributed by atoms with van der Waals surface area (Å²) in [4.78, 5) is 24.2. The number of amides is 1. The molecule has 0 aromatic carbocycles. The van der Waals surface area contributed by atoms with Gasteiger partial charge in [-0.15, -0.1) is 11.3 Å². The highest BCUT2D eigenvalue weighted by Gasteiger charge is 2.24. The van der Waals surface area contributed by atoms with Gasteiger partial charge in [0.15, 0.2) is 0 Å². The van der Waals surface area contributed by atoms with Crippen molar-refractivity contribution >= 4 is 17.2 Å². The molecular weight excluding hydrogens is 306 g/mol. The smallest absolute Gasteiger partial charge is 0.369 e. The number of thiophene rings is 1. The van der Waals surface area contributed by atoms with Crippen LogP contribution in [0.5, 0.6) is 0 Å². The van der Waals surface area contributed by atoms with Gasteiger partial charge in [-0.25, -0.2) is 4.79 Å². The Kier molecular flexibility index (Phi) is 4.34. The molecule has 3 heterocycles. The quantitative estimate of drug-likeness (QED) is 0.847. The molecular formula is C13H17N5O3S. The number of aromatic nitrogens is 4. The first-order chi connectivity index (χ1) is 10.6. The average molecular weight is 323 g/mol. The van der Waals surface area contributed by atoms with Crippen molar-refractivity contribution in [2.45, 2.75) is 38.5 Å². The molecule has 0 aliphatic carbocycles. The summed E-state index contributed by atoms with van der Waals surface area (Å²) in [6, 6.07) is 3.50. The van der Waals surface area contributed by atoms with Crippen LogP contribution in [0.25, 0.3) is 5.00 Å². The largest absolute Gasteiger partial charge is 0.376 e. The van der Waals surface area contributed by atoms with E-state index in [1.54, 1.807) is 6.07 Å². The van der Waals surface area contributed by atoms with E-state index >= 15 is 0 Å². The van der Waals surface area contributed by atoms with E-state index in [2.05, 4.69) is 15.7 Å². The highest BCUT2D eigenvalue weighted by Crippen LogP contribution is 2.15. The number of tetrazole rings is 1. The molecule has 0 radical (unpaired) electrons. The molecule has 0 spiro atoms. The third kappa shape index (κ3) is 3.09. The maximum Gasteiger partial charge on any atom is 0.369 e. The number of hydrogen-bond donors (Lipinski definition) is 1. The van der Waals surface area contributed by atoms with E-state index in [-0.39, 0.29) is 24.6 Å². The molecule has 2 aromatic heterocycles. The zero-order valence-corrected chi connectivity index (χ0v) is 13.0. The second-order valence-electron chi connectivity index (χ2n) is 5.19. The van der Waals surface area contributed by atoms with Gasteiger partial charge < -0.3 is 10.1 Å². The number of carbonyl (C=O) groups excluding carboxylic acids is 1. The predicted molar refractivity (Wildman–Crippen MR) is 80.1 cm³/mol. The van der Waals surface area contributed by atoms with Gasteiger partial charge in [-0.2, -0.15) is 9.36 Å². The van der Waals surface area contributed by atoms with Crippen LogP contribution in [0, 0.1) is 0 Å². The molecule has 2 atom stereocenters. The fraction of sp³-hybridized carbons (Fsp3) is 0.538. The van der Waals surface area contributed by atoms with Crippen molar-refractivity contribution in [1.29, 1.82) is 0 Å². The first-order valence-electron chi connectivity index (χ1n) is 7.13. The molecule has 1 aliphatic rings. The molecule has 1 amide bonds. The Morgan fingerprint density at radius 2 is 2.45 bits per heavy atom. The Morgan fingerprint density at radius 3 is 3.14 bits per heavy atom. The van der Waals surface area contributed by atoms with Crippen LogP contribution in [0.3, 0.4) is 0 Å². The van der Waals surface area contributed by atoms with Crippen LogP contribution in [-0.2, 0) is 16.1 Å². The molecule has 9 heteroatoms. The molecule has 1 fully saturated rings. The van der Waals surface area contributed by atoms with E-state index in [0.29, 0.717) is 5.00 Å². The average Bonchev–Trinajstić information content (AvgIpc) is 3.21. The van der Waals surface area contributed by atoms with E-state index in [0.717, 1.165) is 24.1 Å². The maximum atomic E-state index is 12.1.